The number of carbonyl (C=O) groups excluding carboxylic acids is 2. The summed E-state index contributed by atoms with van der Waals surface area (Å²) in [5, 5.41) is 2.68. The number of carbonyl (C=O) groups is 2. The van der Waals surface area contributed by atoms with Crippen LogP contribution in [0.3, 0.4) is 0 Å². The zero-order chi connectivity index (χ0) is 19.1. The molecule has 8 heteroatoms. The van der Waals surface area contributed by atoms with Crippen LogP contribution in [-0.4, -0.2) is 36.4 Å². The Labute approximate surface area is 154 Å². The first-order chi connectivity index (χ1) is 12.4. The second kappa shape index (κ2) is 9.15. The van der Waals surface area contributed by atoms with Gasteiger partial charge in [0.05, 0.1) is 6.54 Å². The van der Waals surface area contributed by atoms with E-state index in [-0.39, 0.29) is 19.7 Å². The van der Waals surface area contributed by atoms with Crippen molar-refractivity contribution in [1.29, 1.82) is 0 Å². The average molecular weight is 383 g/mol. The van der Waals surface area contributed by atoms with E-state index < -0.39 is 29.1 Å². The van der Waals surface area contributed by atoms with Crippen molar-refractivity contribution in [3.63, 3.8) is 0 Å². The second-order valence-corrected chi connectivity index (χ2v) is 5.73. The Hall–Kier alpha value is -2.67. The summed E-state index contributed by atoms with van der Waals surface area (Å²) in [6.07, 6.45) is 0. The van der Waals surface area contributed by atoms with E-state index in [1.165, 1.54) is 11.0 Å². The Morgan fingerprint density at radius 2 is 1.73 bits per heavy atom. The maximum absolute atomic E-state index is 13.6. The van der Waals surface area contributed by atoms with Gasteiger partial charge in [0.2, 0.25) is 5.91 Å². The number of para-hydroxylation sites is 1. The molecule has 0 fully saturated rings. The predicted octanol–water partition coefficient (Wildman–Crippen LogP) is 3.48. The number of likely N-dealkylation sites (N-methyl/N-ethyl adjacent to an activating group) is 1. The fourth-order valence-electron chi connectivity index (χ4n) is 2.11. The minimum Gasteiger partial charge on any atom is -0.484 e. The highest BCUT2D eigenvalue weighted by Gasteiger charge is 2.18. The summed E-state index contributed by atoms with van der Waals surface area (Å²) in [5.74, 6) is -2.48. The molecule has 138 valence electrons. The van der Waals surface area contributed by atoms with Crippen LogP contribution in [0.4, 0.5) is 14.5 Å². The predicted molar refractivity (Wildman–Crippen MR) is 94.2 cm³/mol. The molecule has 26 heavy (non-hydrogen) atoms. The number of amides is 2. The average Bonchev–Trinajstić information content (AvgIpc) is 2.62. The van der Waals surface area contributed by atoms with Gasteiger partial charge in [-0.25, -0.2) is 8.78 Å². The molecule has 2 aromatic rings. The van der Waals surface area contributed by atoms with E-state index in [1.807, 2.05) is 0 Å². The van der Waals surface area contributed by atoms with Crippen LogP contribution in [-0.2, 0) is 9.59 Å². The molecule has 0 radical (unpaired) electrons. The van der Waals surface area contributed by atoms with Gasteiger partial charge in [-0.1, -0.05) is 17.7 Å². The van der Waals surface area contributed by atoms with Crippen LogP contribution in [0.2, 0.25) is 5.02 Å². The van der Waals surface area contributed by atoms with Crippen LogP contribution in [0, 0.1) is 11.6 Å². The van der Waals surface area contributed by atoms with Gasteiger partial charge in [0.15, 0.2) is 6.61 Å². The van der Waals surface area contributed by atoms with Gasteiger partial charge in [-0.3, -0.25) is 9.59 Å². The molecule has 0 aliphatic heterocycles. The number of hydrogen-bond acceptors (Lipinski definition) is 3. The fraction of sp³-hybridized carbons (Fsp3) is 0.222. The van der Waals surface area contributed by atoms with E-state index >= 15 is 0 Å². The van der Waals surface area contributed by atoms with Gasteiger partial charge in [-0.05, 0) is 43.3 Å². The molecule has 0 aromatic heterocycles. The Morgan fingerprint density at radius 1 is 1.12 bits per heavy atom. The molecule has 0 heterocycles. The molecule has 0 aliphatic carbocycles. The van der Waals surface area contributed by atoms with E-state index in [0.717, 1.165) is 12.1 Å². The minimum absolute atomic E-state index is 0.232. The van der Waals surface area contributed by atoms with Crippen molar-refractivity contribution in [2.75, 3.05) is 25.0 Å². The van der Waals surface area contributed by atoms with Gasteiger partial charge in [0, 0.05) is 11.6 Å². The molecule has 0 saturated carbocycles. The van der Waals surface area contributed by atoms with Crippen molar-refractivity contribution in [2.45, 2.75) is 6.92 Å². The molecular weight excluding hydrogens is 366 g/mol. The zero-order valence-corrected chi connectivity index (χ0v) is 14.7. The Morgan fingerprint density at radius 3 is 2.31 bits per heavy atom. The van der Waals surface area contributed by atoms with Crippen LogP contribution >= 0.6 is 11.6 Å². The number of halogens is 3. The SMILES string of the molecule is CCN(CC(=O)Nc1c(F)cccc1F)C(=O)COc1ccc(Cl)cc1. The van der Waals surface area contributed by atoms with Crippen LogP contribution in [0.25, 0.3) is 0 Å². The van der Waals surface area contributed by atoms with E-state index in [1.54, 1.807) is 31.2 Å². The lowest BCUT2D eigenvalue weighted by Gasteiger charge is -2.20. The lowest BCUT2D eigenvalue weighted by molar-refractivity contribution is -0.136. The van der Waals surface area contributed by atoms with E-state index in [2.05, 4.69) is 5.32 Å². The van der Waals surface area contributed by atoms with Gasteiger partial charge >= 0.3 is 0 Å². The van der Waals surface area contributed by atoms with Crippen LogP contribution in [0.1, 0.15) is 6.92 Å². The van der Waals surface area contributed by atoms with E-state index in [9.17, 15) is 18.4 Å². The van der Waals surface area contributed by atoms with Crippen molar-refractivity contribution in [2.24, 2.45) is 0 Å². The highest BCUT2D eigenvalue weighted by atomic mass is 35.5. The summed E-state index contributed by atoms with van der Waals surface area (Å²) < 4.78 is 32.5. The van der Waals surface area contributed by atoms with Gasteiger partial charge < -0.3 is 15.0 Å². The molecule has 0 aliphatic rings. The topological polar surface area (TPSA) is 58.6 Å². The molecule has 2 rings (SSSR count). The van der Waals surface area contributed by atoms with E-state index in [0.29, 0.717) is 10.8 Å². The summed E-state index contributed by atoms with van der Waals surface area (Å²) in [5.41, 5.74) is -0.543. The van der Waals surface area contributed by atoms with Crippen molar-refractivity contribution in [1.82, 2.24) is 4.90 Å². The third kappa shape index (κ3) is 5.42. The van der Waals surface area contributed by atoms with Crippen LogP contribution in [0.5, 0.6) is 5.75 Å². The largest absolute Gasteiger partial charge is 0.484 e. The molecule has 0 atom stereocenters. The summed E-state index contributed by atoms with van der Waals surface area (Å²) >= 11 is 5.76. The van der Waals surface area contributed by atoms with Gasteiger partial charge in [0.25, 0.3) is 5.91 Å². The molecule has 0 bridgehead atoms. The second-order valence-electron chi connectivity index (χ2n) is 5.30. The zero-order valence-electron chi connectivity index (χ0n) is 14.0. The quantitative estimate of drug-likeness (QED) is 0.797. The molecule has 0 unspecified atom stereocenters. The number of ether oxygens (including phenoxy) is 1. The van der Waals surface area contributed by atoms with Crippen molar-refractivity contribution >= 4 is 29.1 Å². The van der Waals surface area contributed by atoms with Gasteiger partial charge in [-0.15, -0.1) is 0 Å². The Kier molecular flexibility index (Phi) is 6.91. The number of nitrogens with one attached hydrogen (secondary N) is 1. The van der Waals surface area contributed by atoms with Crippen LogP contribution < -0.4 is 10.1 Å². The van der Waals surface area contributed by atoms with Gasteiger partial charge in [0.1, 0.15) is 23.1 Å². The fourth-order valence-corrected chi connectivity index (χ4v) is 2.24. The Balaban J connectivity index is 1.91. The molecule has 2 amide bonds. The lowest BCUT2D eigenvalue weighted by atomic mass is 10.3. The molecule has 2 aromatic carbocycles. The monoisotopic (exact) mass is 382 g/mol. The standard InChI is InChI=1S/C18H17ClF2N2O3/c1-2-23(17(25)11-26-13-8-6-12(19)7-9-13)10-16(24)22-18-14(20)4-3-5-15(18)21/h3-9H,2,10-11H2,1H3,(H,22,24). The van der Waals surface area contributed by atoms with Crippen LogP contribution in [0.15, 0.2) is 42.5 Å². The number of nitrogens with zero attached hydrogens (tertiary/aromatic N) is 1. The molecule has 1 N–H and O–H groups in total. The number of benzene rings is 2. The minimum atomic E-state index is -0.890. The summed E-state index contributed by atoms with van der Waals surface area (Å²) in [7, 11) is 0. The summed E-state index contributed by atoms with van der Waals surface area (Å²) in [6, 6.07) is 9.71. The van der Waals surface area contributed by atoms with Gasteiger partial charge in [-0.2, -0.15) is 0 Å². The highest BCUT2D eigenvalue weighted by molar-refractivity contribution is 6.30. The summed E-state index contributed by atoms with van der Waals surface area (Å²) in [6.45, 7) is 1.27. The van der Waals surface area contributed by atoms with E-state index in [4.69, 9.17) is 16.3 Å². The first-order valence-electron chi connectivity index (χ1n) is 7.80. The maximum Gasteiger partial charge on any atom is 0.260 e. The maximum atomic E-state index is 13.6. The smallest absolute Gasteiger partial charge is 0.260 e. The summed E-state index contributed by atoms with van der Waals surface area (Å²) in [4.78, 5) is 25.4. The highest BCUT2D eigenvalue weighted by Crippen LogP contribution is 2.18. The normalized spacial score (nSPS) is 10.3. The molecule has 0 spiro atoms. The van der Waals surface area contributed by atoms with Crippen molar-refractivity contribution in [3.8, 4) is 5.75 Å². The number of rotatable bonds is 7. The number of hydrogen-bond donors (Lipinski definition) is 1. The molecular formula is C18H17ClF2N2O3. The third-order valence-corrected chi connectivity index (χ3v) is 3.72. The Bertz CT molecular complexity index is 764. The molecule has 5 nitrogen and oxygen atoms in total. The first-order valence-corrected chi connectivity index (χ1v) is 8.18. The third-order valence-electron chi connectivity index (χ3n) is 3.47. The lowest BCUT2D eigenvalue weighted by Crippen LogP contribution is -2.40. The number of anilines is 1. The van der Waals surface area contributed by atoms with Crippen molar-refractivity contribution in [3.05, 3.63) is 59.1 Å². The van der Waals surface area contributed by atoms with Crippen molar-refractivity contribution < 1.29 is 23.1 Å². The molecule has 0 saturated heterocycles. The first kappa shape index (κ1) is 19.7.